The Morgan fingerprint density at radius 2 is 1.97 bits per heavy atom. The van der Waals surface area contributed by atoms with Crippen LogP contribution in [0.5, 0.6) is 5.88 Å². The van der Waals surface area contributed by atoms with Gasteiger partial charge >= 0.3 is 0 Å². The second-order valence-corrected chi connectivity index (χ2v) is 9.92. The average molecular weight is 449 g/mol. The van der Waals surface area contributed by atoms with E-state index in [0.29, 0.717) is 24.2 Å². The standard InChI is InChI=1S/C22H29FN4O3S/c1-3-27-12-8-16-14-19(21(30-2)25-18(16)9-13-27)26-31(28,29)17-6-7-20(24-15-17)22(23)10-4-5-11-22/h6-7,14-15,26H,3-5,8-13H2,1-2H3. The Labute approximate surface area is 183 Å². The van der Waals surface area contributed by atoms with Gasteiger partial charge in [-0.05, 0) is 62.4 Å². The van der Waals surface area contributed by atoms with Gasteiger partial charge in [-0.3, -0.25) is 9.71 Å². The second-order valence-electron chi connectivity index (χ2n) is 8.24. The number of fused-ring (bicyclic) bond motifs is 1. The molecule has 0 saturated heterocycles. The van der Waals surface area contributed by atoms with Crippen LogP contribution in [0.25, 0.3) is 0 Å². The molecule has 1 saturated carbocycles. The summed E-state index contributed by atoms with van der Waals surface area (Å²) in [4.78, 5) is 11.0. The summed E-state index contributed by atoms with van der Waals surface area (Å²) in [5, 5.41) is 0. The zero-order valence-electron chi connectivity index (χ0n) is 18.0. The van der Waals surface area contributed by atoms with E-state index in [-0.39, 0.29) is 10.8 Å². The molecule has 1 aliphatic heterocycles. The smallest absolute Gasteiger partial charge is 0.263 e. The van der Waals surface area contributed by atoms with E-state index in [0.717, 1.165) is 56.6 Å². The molecule has 3 heterocycles. The molecule has 0 bridgehead atoms. The van der Waals surface area contributed by atoms with Crippen molar-refractivity contribution in [3.8, 4) is 5.88 Å². The Morgan fingerprint density at radius 1 is 1.23 bits per heavy atom. The normalized spacial score (nSPS) is 18.9. The van der Waals surface area contributed by atoms with Crippen molar-refractivity contribution in [2.24, 2.45) is 0 Å². The molecule has 0 amide bonds. The largest absolute Gasteiger partial charge is 0.479 e. The summed E-state index contributed by atoms with van der Waals surface area (Å²) < 4.78 is 48.8. The Kier molecular flexibility index (Phi) is 6.16. The van der Waals surface area contributed by atoms with Crippen LogP contribution in [0.15, 0.2) is 29.3 Å². The number of nitrogens with one attached hydrogen (secondary N) is 1. The third-order valence-corrected chi connectivity index (χ3v) is 7.66. The number of nitrogens with zero attached hydrogens (tertiary/aromatic N) is 3. The fraction of sp³-hybridized carbons (Fsp3) is 0.545. The molecule has 9 heteroatoms. The molecule has 168 valence electrons. The van der Waals surface area contributed by atoms with E-state index in [1.807, 2.05) is 6.07 Å². The van der Waals surface area contributed by atoms with Crippen LogP contribution in [0.3, 0.4) is 0 Å². The fourth-order valence-electron chi connectivity index (χ4n) is 4.41. The van der Waals surface area contributed by atoms with E-state index < -0.39 is 15.7 Å². The molecule has 2 aromatic rings. The quantitative estimate of drug-likeness (QED) is 0.729. The average Bonchev–Trinajstić information content (AvgIpc) is 3.12. The number of ether oxygens (including phenoxy) is 1. The lowest BCUT2D eigenvalue weighted by atomic mass is 10.00. The summed E-state index contributed by atoms with van der Waals surface area (Å²) in [5.41, 5.74) is 1.10. The lowest BCUT2D eigenvalue weighted by Crippen LogP contribution is -2.25. The van der Waals surface area contributed by atoms with Crippen LogP contribution >= 0.6 is 0 Å². The molecule has 2 aromatic heterocycles. The summed E-state index contributed by atoms with van der Waals surface area (Å²) >= 11 is 0. The SMILES string of the molecule is CCN1CCc2cc(NS(=O)(=O)c3ccc(C4(F)CCCC4)nc3)c(OC)nc2CC1. The number of pyridine rings is 2. The van der Waals surface area contributed by atoms with E-state index in [1.54, 1.807) is 0 Å². The van der Waals surface area contributed by atoms with Gasteiger partial charge in [-0.1, -0.05) is 6.92 Å². The van der Waals surface area contributed by atoms with Gasteiger partial charge in [0.1, 0.15) is 10.6 Å². The van der Waals surface area contributed by atoms with Crippen LogP contribution in [0.2, 0.25) is 0 Å². The molecule has 4 rings (SSSR count). The van der Waals surface area contributed by atoms with Gasteiger partial charge in [0.15, 0.2) is 5.67 Å². The summed E-state index contributed by atoms with van der Waals surface area (Å²) in [6.07, 6.45) is 5.31. The van der Waals surface area contributed by atoms with E-state index in [2.05, 4.69) is 26.5 Å². The summed E-state index contributed by atoms with van der Waals surface area (Å²) in [5.74, 6) is 0.241. The summed E-state index contributed by atoms with van der Waals surface area (Å²) in [6, 6.07) is 4.70. The molecule has 0 radical (unpaired) electrons. The monoisotopic (exact) mass is 448 g/mol. The Balaban J connectivity index is 1.58. The highest BCUT2D eigenvalue weighted by Gasteiger charge is 2.37. The van der Waals surface area contributed by atoms with E-state index in [1.165, 1.54) is 25.4 Å². The first-order valence-electron chi connectivity index (χ1n) is 10.8. The van der Waals surface area contributed by atoms with Gasteiger partial charge in [-0.25, -0.2) is 17.8 Å². The summed E-state index contributed by atoms with van der Waals surface area (Å²) in [6.45, 7) is 4.91. The van der Waals surface area contributed by atoms with E-state index >= 15 is 0 Å². The lowest BCUT2D eigenvalue weighted by molar-refractivity contribution is 0.168. The minimum absolute atomic E-state index is 0.0213. The molecular weight excluding hydrogens is 419 g/mol. The first-order valence-corrected chi connectivity index (χ1v) is 12.3. The van der Waals surface area contributed by atoms with Crippen LogP contribution < -0.4 is 9.46 Å². The van der Waals surface area contributed by atoms with Crippen molar-refractivity contribution in [2.75, 3.05) is 31.5 Å². The highest BCUT2D eigenvalue weighted by molar-refractivity contribution is 7.92. The van der Waals surface area contributed by atoms with Crippen molar-refractivity contribution in [1.29, 1.82) is 0 Å². The zero-order chi connectivity index (χ0) is 22.1. The van der Waals surface area contributed by atoms with Crippen LogP contribution in [-0.2, 0) is 28.5 Å². The van der Waals surface area contributed by atoms with Crippen LogP contribution in [-0.4, -0.2) is 50.0 Å². The van der Waals surface area contributed by atoms with Gasteiger partial charge in [0, 0.05) is 31.4 Å². The Bertz CT molecular complexity index is 1040. The minimum atomic E-state index is -3.92. The second kappa shape index (κ2) is 8.70. The number of hydrogen-bond donors (Lipinski definition) is 1. The number of rotatable bonds is 6. The van der Waals surface area contributed by atoms with Gasteiger partial charge in [0.2, 0.25) is 5.88 Å². The Hall–Kier alpha value is -2.26. The Morgan fingerprint density at radius 3 is 2.61 bits per heavy atom. The number of alkyl halides is 1. The van der Waals surface area contributed by atoms with E-state index in [9.17, 15) is 12.8 Å². The van der Waals surface area contributed by atoms with Crippen LogP contribution in [0, 0.1) is 0 Å². The molecule has 7 nitrogen and oxygen atoms in total. The van der Waals surface area contributed by atoms with Gasteiger partial charge < -0.3 is 9.64 Å². The minimum Gasteiger partial charge on any atom is -0.479 e. The maximum atomic E-state index is 14.9. The lowest BCUT2D eigenvalue weighted by Gasteiger charge is -2.18. The highest BCUT2D eigenvalue weighted by atomic mass is 32.2. The first kappa shape index (κ1) is 22.0. The number of anilines is 1. The van der Waals surface area contributed by atoms with Crippen molar-refractivity contribution in [1.82, 2.24) is 14.9 Å². The molecule has 1 fully saturated rings. The zero-order valence-corrected chi connectivity index (χ0v) is 18.8. The van der Waals surface area contributed by atoms with Gasteiger partial charge in [-0.2, -0.15) is 0 Å². The molecule has 0 unspecified atom stereocenters. The number of likely N-dealkylation sites (N-methyl/N-ethyl adjacent to an activating group) is 1. The van der Waals surface area contributed by atoms with Crippen molar-refractivity contribution in [3.05, 3.63) is 41.3 Å². The number of methoxy groups -OCH3 is 1. The van der Waals surface area contributed by atoms with Gasteiger partial charge in [0.25, 0.3) is 10.0 Å². The molecule has 2 aliphatic rings. The van der Waals surface area contributed by atoms with Crippen molar-refractivity contribution in [2.45, 2.75) is 56.0 Å². The fourth-order valence-corrected chi connectivity index (χ4v) is 5.40. The van der Waals surface area contributed by atoms with Crippen molar-refractivity contribution >= 4 is 15.7 Å². The molecular formula is C22H29FN4O3S. The van der Waals surface area contributed by atoms with Crippen molar-refractivity contribution < 1.29 is 17.5 Å². The molecule has 0 atom stereocenters. The number of halogens is 1. The molecule has 31 heavy (non-hydrogen) atoms. The van der Waals surface area contributed by atoms with Crippen molar-refractivity contribution in [3.63, 3.8) is 0 Å². The molecule has 0 aromatic carbocycles. The third kappa shape index (κ3) is 4.52. The maximum Gasteiger partial charge on any atom is 0.263 e. The predicted molar refractivity (Wildman–Crippen MR) is 117 cm³/mol. The highest BCUT2D eigenvalue weighted by Crippen LogP contribution is 2.41. The first-order chi connectivity index (χ1) is 14.8. The van der Waals surface area contributed by atoms with Gasteiger partial charge in [-0.15, -0.1) is 0 Å². The van der Waals surface area contributed by atoms with E-state index in [4.69, 9.17) is 4.74 Å². The van der Waals surface area contributed by atoms with Crippen LogP contribution in [0.4, 0.5) is 10.1 Å². The third-order valence-electron chi connectivity index (χ3n) is 6.31. The molecule has 0 spiro atoms. The number of sulfonamides is 1. The molecule has 1 N–H and O–H groups in total. The maximum absolute atomic E-state index is 14.9. The summed E-state index contributed by atoms with van der Waals surface area (Å²) in [7, 11) is -2.45. The molecule has 1 aliphatic carbocycles. The number of hydrogen-bond acceptors (Lipinski definition) is 6. The topological polar surface area (TPSA) is 84.4 Å². The van der Waals surface area contributed by atoms with Gasteiger partial charge in [0.05, 0.1) is 12.8 Å². The predicted octanol–water partition coefficient (Wildman–Crippen LogP) is 3.45. The van der Waals surface area contributed by atoms with Crippen LogP contribution in [0.1, 0.15) is 49.6 Å². The number of aromatic nitrogens is 2.